The second-order valence-corrected chi connectivity index (χ2v) is 7.53. The minimum atomic E-state index is -3.41. The van der Waals surface area contributed by atoms with Crippen molar-refractivity contribution < 1.29 is 17.9 Å². The quantitative estimate of drug-likeness (QED) is 0.744. The third kappa shape index (κ3) is 2.93. The van der Waals surface area contributed by atoms with Crippen LogP contribution >= 0.6 is 0 Å². The van der Waals surface area contributed by atoms with Crippen molar-refractivity contribution in [3.8, 4) is 0 Å². The molecule has 7 heteroatoms. The van der Waals surface area contributed by atoms with Gasteiger partial charge in [-0.3, -0.25) is 4.79 Å². The van der Waals surface area contributed by atoms with Crippen molar-refractivity contribution in [1.29, 1.82) is 0 Å². The van der Waals surface area contributed by atoms with Crippen LogP contribution in [-0.4, -0.2) is 50.2 Å². The van der Waals surface area contributed by atoms with E-state index in [9.17, 15) is 13.2 Å². The number of carbonyl (C=O) groups is 1. The molecule has 1 saturated carbocycles. The number of nitrogens with two attached hydrogens (primary N) is 1. The van der Waals surface area contributed by atoms with E-state index in [0.29, 0.717) is 38.8 Å². The number of sulfonamides is 1. The third-order valence-corrected chi connectivity index (χ3v) is 6.61. The monoisotopic (exact) mass is 290 g/mol. The minimum absolute atomic E-state index is 0.0893. The zero-order valence-corrected chi connectivity index (χ0v) is 12.1. The molecule has 2 aliphatic rings. The van der Waals surface area contributed by atoms with Gasteiger partial charge in [-0.2, -0.15) is 0 Å². The fourth-order valence-corrected chi connectivity index (χ4v) is 5.25. The van der Waals surface area contributed by atoms with Gasteiger partial charge in [0.15, 0.2) is 0 Å². The van der Waals surface area contributed by atoms with E-state index in [-0.39, 0.29) is 6.04 Å². The summed E-state index contributed by atoms with van der Waals surface area (Å²) in [5.74, 6) is -0.912. The largest absolute Gasteiger partial charge is 0.469 e. The molecule has 0 amide bonds. The molecule has 0 spiro atoms. The van der Waals surface area contributed by atoms with E-state index in [0.717, 1.165) is 6.42 Å². The molecule has 110 valence electrons. The third-order valence-electron chi connectivity index (χ3n) is 4.20. The van der Waals surface area contributed by atoms with Gasteiger partial charge >= 0.3 is 5.97 Å². The average molecular weight is 290 g/mol. The molecule has 2 rings (SSSR count). The fourth-order valence-electron chi connectivity index (χ4n) is 3.03. The predicted molar refractivity (Wildman–Crippen MR) is 70.8 cm³/mol. The lowest BCUT2D eigenvalue weighted by atomic mass is 10.1. The second-order valence-electron chi connectivity index (χ2n) is 5.38. The van der Waals surface area contributed by atoms with Crippen molar-refractivity contribution in [3.63, 3.8) is 0 Å². The molecule has 1 aliphatic carbocycles. The van der Waals surface area contributed by atoms with Gasteiger partial charge in [0, 0.05) is 19.1 Å². The molecule has 0 bridgehead atoms. The van der Waals surface area contributed by atoms with Crippen LogP contribution in [0.3, 0.4) is 0 Å². The number of nitrogens with zero attached hydrogens (tertiary/aromatic N) is 1. The normalized spacial score (nSPS) is 30.4. The number of rotatable bonds is 3. The molecule has 0 radical (unpaired) electrons. The topological polar surface area (TPSA) is 89.7 Å². The van der Waals surface area contributed by atoms with Crippen molar-refractivity contribution in [3.05, 3.63) is 0 Å². The molecular weight excluding hydrogens is 268 g/mol. The molecule has 2 N–H and O–H groups in total. The maximum Gasteiger partial charge on any atom is 0.310 e. The first-order valence-electron chi connectivity index (χ1n) is 6.79. The smallest absolute Gasteiger partial charge is 0.310 e. The molecule has 0 aromatic rings. The molecule has 19 heavy (non-hydrogen) atoms. The van der Waals surface area contributed by atoms with Crippen LogP contribution in [0.4, 0.5) is 0 Å². The Kier molecular flexibility index (Phi) is 4.47. The van der Waals surface area contributed by atoms with E-state index in [1.807, 2.05) is 0 Å². The lowest BCUT2D eigenvalue weighted by molar-refractivity contribution is -0.145. The van der Waals surface area contributed by atoms with E-state index in [4.69, 9.17) is 10.5 Å². The number of carbonyl (C=O) groups excluding carboxylic acids is 1. The number of hydrogen-bond donors (Lipinski definition) is 1. The number of ether oxygens (including phenoxy) is 1. The minimum Gasteiger partial charge on any atom is -0.469 e. The van der Waals surface area contributed by atoms with Crippen LogP contribution in [0.1, 0.15) is 32.1 Å². The molecule has 0 aromatic carbocycles. The van der Waals surface area contributed by atoms with Gasteiger partial charge in [-0.25, -0.2) is 12.7 Å². The molecule has 1 aliphatic heterocycles. The second kappa shape index (κ2) is 5.76. The van der Waals surface area contributed by atoms with Crippen LogP contribution in [0, 0.1) is 5.92 Å². The summed E-state index contributed by atoms with van der Waals surface area (Å²) < 4.78 is 31.4. The summed E-state index contributed by atoms with van der Waals surface area (Å²) in [6, 6.07) is 0.0893. The van der Waals surface area contributed by atoms with Gasteiger partial charge in [-0.1, -0.05) is 6.42 Å². The SMILES string of the molecule is COC(=O)C1CCCC1S(=O)(=O)N1CCC(N)CC1. The van der Waals surface area contributed by atoms with Gasteiger partial charge in [-0.15, -0.1) is 0 Å². The van der Waals surface area contributed by atoms with Crippen molar-refractivity contribution in [1.82, 2.24) is 4.31 Å². The Labute approximate surface area is 114 Å². The van der Waals surface area contributed by atoms with Gasteiger partial charge in [-0.05, 0) is 25.7 Å². The van der Waals surface area contributed by atoms with Crippen LogP contribution in [0.2, 0.25) is 0 Å². The Hall–Kier alpha value is -0.660. The van der Waals surface area contributed by atoms with Crippen LogP contribution in [-0.2, 0) is 19.6 Å². The van der Waals surface area contributed by atoms with Crippen molar-refractivity contribution in [2.45, 2.75) is 43.4 Å². The maximum atomic E-state index is 12.6. The van der Waals surface area contributed by atoms with Gasteiger partial charge in [0.1, 0.15) is 0 Å². The summed E-state index contributed by atoms with van der Waals surface area (Å²) >= 11 is 0. The van der Waals surface area contributed by atoms with Crippen molar-refractivity contribution in [2.24, 2.45) is 11.7 Å². The number of piperidine rings is 1. The number of esters is 1. The highest BCUT2D eigenvalue weighted by molar-refractivity contribution is 7.89. The molecule has 2 atom stereocenters. The van der Waals surface area contributed by atoms with Crippen LogP contribution in [0.25, 0.3) is 0 Å². The molecule has 2 fully saturated rings. The molecular formula is C12H22N2O4S. The Balaban J connectivity index is 2.12. The van der Waals surface area contributed by atoms with Crippen LogP contribution in [0.15, 0.2) is 0 Å². The van der Waals surface area contributed by atoms with E-state index in [2.05, 4.69) is 0 Å². The molecule has 2 unspecified atom stereocenters. The summed E-state index contributed by atoms with van der Waals surface area (Å²) in [6.07, 6.45) is 3.29. The predicted octanol–water partition coefficient (Wildman–Crippen LogP) is 0.0810. The zero-order valence-electron chi connectivity index (χ0n) is 11.2. The first-order valence-corrected chi connectivity index (χ1v) is 8.29. The highest BCUT2D eigenvalue weighted by atomic mass is 32.2. The van der Waals surface area contributed by atoms with Crippen molar-refractivity contribution >= 4 is 16.0 Å². The van der Waals surface area contributed by atoms with Crippen LogP contribution < -0.4 is 5.73 Å². The van der Waals surface area contributed by atoms with E-state index >= 15 is 0 Å². The maximum absolute atomic E-state index is 12.6. The van der Waals surface area contributed by atoms with E-state index in [1.165, 1.54) is 11.4 Å². The zero-order chi connectivity index (χ0) is 14.0. The van der Waals surface area contributed by atoms with Gasteiger partial charge in [0.05, 0.1) is 18.3 Å². The Morgan fingerprint density at radius 1 is 1.21 bits per heavy atom. The summed E-state index contributed by atoms with van der Waals surface area (Å²) in [5.41, 5.74) is 5.80. The van der Waals surface area contributed by atoms with Gasteiger partial charge < -0.3 is 10.5 Å². The first kappa shape index (κ1) is 14.7. The summed E-state index contributed by atoms with van der Waals surface area (Å²) in [6.45, 7) is 0.932. The number of hydrogen-bond acceptors (Lipinski definition) is 5. The summed E-state index contributed by atoms with van der Waals surface area (Å²) in [7, 11) is -2.10. The Bertz CT molecular complexity index is 429. The molecule has 1 heterocycles. The lowest BCUT2D eigenvalue weighted by Crippen LogP contribution is -2.48. The lowest BCUT2D eigenvalue weighted by Gasteiger charge is -2.32. The van der Waals surface area contributed by atoms with Crippen LogP contribution in [0.5, 0.6) is 0 Å². The summed E-state index contributed by atoms with van der Waals surface area (Å²) in [4.78, 5) is 11.7. The number of methoxy groups -OCH3 is 1. The standard InChI is InChI=1S/C12H22N2O4S/c1-18-12(15)10-3-2-4-11(10)19(16,17)14-7-5-9(13)6-8-14/h9-11H,2-8,13H2,1H3. The Morgan fingerprint density at radius 2 is 1.84 bits per heavy atom. The van der Waals surface area contributed by atoms with Crippen molar-refractivity contribution in [2.75, 3.05) is 20.2 Å². The molecule has 1 saturated heterocycles. The highest BCUT2D eigenvalue weighted by Crippen LogP contribution is 2.34. The van der Waals surface area contributed by atoms with Gasteiger partial charge in [0.2, 0.25) is 10.0 Å². The summed E-state index contributed by atoms with van der Waals surface area (Å²) in [5, 5.41) is -0.616. The fraction of sp³-hybridized carbons (Fsp3) is 0.917. The van der Waals surface area contributed by atoms with E-state index in [1.54, 1.807) is 0 Å². The first-order chi connectivity index (χ1) is 8.96. The molecule has 6 nitrogen and oxygen atoms in total. The van der Waals surface area contributed by atoms with Gasteiger partial charge in [0.25, 0.3) is 0 Å². The average Bonchev–Trinajstić information content (AvgIpc) is 2.88. The Morgan fingerprint density at radius 3 is 2.42 bits per heavy atom. The van der Waals surface area contributed by atoms with E-state index < -0.39 is 27.2 Å². The molecule has 0 aromatic heterocycles. The highest BCUT2D eigenvalue weighted by Gasteiger charge is 2.45.